The fourth-order valence-electron chi connectivity index (χ4n) is 2.42. The highest BCUT2D eigenvalue weighted by molar-refractivity contribution is 9.10. The van der Waals surface area contributed by atoms with Crippen molar-refractivity contribution in [3.63, 3.8) is 0 Å². The average Bonchev–Trinajstić information content (AvgIpc) is 2.46. The Labute approximate surface area is 130 Å². The summed E-state index contributed by atoms with van der Waals surface area (Å²) in [5.41, 5.74) is 0.638. The molecule has 0 aromatic heterocycles. The standard InChI is InChI=1S/C14H17Br2NO2/c1-19-13-8-10(16)5-6-12(13)14(18)17-7-3-2-4-11(17)9-15/h5-6,8,11H,2-4,7,9H2,1H3. The van der Waals surface area contributed by atoms with Crippen molar-refractivity contribution in [1.29, 1.82) is 0 Å². The number of nitrogens with zero attached hydrogens (tertiary/aromatic N) is 1. The first-order valence-electron chi connectivity index (χ1n) is 6.38. The molecule has 104 valence electrons. The van der Waals surface area contributed by atoms with Crippen LogP contribution in [0.3, 0.4) is 0 Å². The summed E-state index contributed by atoms with van der Waals surface area (Å²) in [7, 11) is 1.59. The Bertz CT molecular complexity index is 465. The van der Waals surface area contributed by atoms with E-state index < -0.39 is 0 Å². The van der Waals surface area contributed by atoms with Crippen LogP contribution in [0.25, 0.3) is 0 Å². The van der Waals surface area contributed by atoms with Crippen molar-refractivity contribution in [2.75, 3.05) is 19.0 Å². The highest BCUT2D eigenvalue weighted by Gasteiger charge is 2.28. The molecule has 1 aromatic carbocycles. The SMILES string of the molecule is COc1cc(Br)ccc1C(=O)N1CCCCC1CBr. The van der Waals surface area contributed by atoms with E-state index in [2.05, 4.69) is 31.9 Å². The smallest absolute Gasteiger partial charge is 0.257 e. The fraction of sp³-hybridized carbons (Fsp3) is 0.500. The summed E-state index contributed by atoms with van der Waals surface area (Å²) in [4.78, 5) is 14.6. The number of methoxy groups -OCH3 is 1. The lowest BCUT2D eigenvalue weighted by molar-refractivity contribution is 0.0638. The van der Waals surface area contributed by atoms with E-state index in [1.54, 1.807) is 7.11 Å². The van der Waals surface area contributed by atoms with Gasteiger partial charge in [-0.1, -0.05) is 31.9 Å². The monoisotopic (exact) mass is 389 g/mol. The Morgan fingerprint density at radius 1 is 1.47 bits per heavy atom. The molecular formula is C14H17Br2NO2. The molecule has 1 amide bonds. The van der Waals surface area contributed by atoms with Crippen LogP contribution in [-0.2, 0) is 0 Å². The van der Waals surface area contributed by atoms with Crippen molar-refractivity contribution in [2.45, 2.75) is 25.3 Å². The predicted molar refractivity (Wildman–Crippen MR) is 83.2 cm³/mol. The summed E-state index contributed by atoms with van der Waals surface area (Å²) >= 11 is 6.90. The van der Waals surface area contributed by atoms with Crippen LogP contribution in [0.4, 0.5) is 0 Å². The summed E-state index contributed by atoms with van der Waals surface area (Å²) in [5.74, 6) is 0.687. The summed E-state index contributed by atoms with van der Waals surface area (Å²) in [6.45, 7) is 0.828. The van der Waals surface area contributed by atoms with Gasteiger partial charge in [0.05, 0.1) is 12.7 Å². The number of benzene rings is 1. The van der Waals surface area contributed by atoms with Crippen molar-refractivity contribution in [3.05, 3.63) is 28.2 Å². The van der Waals surface area contributed by atoms with E-state index in [-0.39, 0.29) is 11.9 Å². The van der Waals surface area contributed by atoms with Gasteiger partial charge in [-0.15, -0.1) is 0 Å². The maximum absolute atomic E-state index is 12.7. The highest BCUT2D eigenvalue weighted by Crippen LogP contribution is 2.27. The van der Waals surface area contributed by atoms with Gasteiger partial charge in [0, 0.05) is 22.4 Å². The molecule has 0 bridgehead atoms. The van der Waals surface area contributed by atoms with Crippen LogP contribution in [0, 0.1) is 0 Å². The Morgan fingerprint density at radius 3 is 2.95 bits per heavy atom. The molecule has 19 heavy (non-hydrogen) atoms. The van der Waals surface area contributed by atoms with Crippen molar-refractivity contribution >= 4 is 37.8 Å². The summed E-state index contributed by atoms with van der Waals surface area (Å²) < 4.78 is 6.23. The second-order valence-corrected chi connectivity index (χ2v) is 6.21. The van der Waals surface area contributed by atoms with Crippen molar-refractivity contribution in [2.24, 2.45) is 0 Å². The van der Waals surface area contributed by atoms with Crippen LogP contribution in [0.2, 0.25) is 0 Å². The number of halogens is 2. The minimum Gasteiger partial charge on any atom is -0.496 e. The third kappa shape index (κ3) is 3.31. The zero-order valence-corrected chi connectivity index (χ0v) is 14.0. The van der Waals surface area contributed by atoms with Crippen LogP contribution in [0.15, 0.2) is 22.7 Å². The average molecular weight is 391 g/mol. The molecule has 1 unspecified atom stereocenters. The number of alkyl halides is 1. The summed E-state index contributed by atoms with van der Waals surface area (Å²) in [5, 5.41) is 0.831. The number of amides is 1. The largest absolute Gasteiger partial charge is 0.496 e. The summed E-state index contributed by atoms with van der Waals surface area (Å²) in [6.07, 6.45) is 3.33. The van der Waals surface area contributed by atoms with Crippen LogP contribution in [0.5, 0.6) is 5.75 Å². The molecule has 1 aliphatic rings. The number of ether oxygens (including phenoxy) is 1. The van der Waals surface area contributed by atoms with Gasteiger partial charge in [0.1, 0.15) is 5.75 Å². The molecule has 5 heteroatoms. The van der Waals surface area contributed by atoms with Gasteiger partial charge in [0.25, 0.3) is 5.91 Å². The lowest BCUT2D eigenvalue weighted by Crippen LogP contribution is -2.44. The second-order valence-electron chi connectivity index (χ2n) is 4.65. The zero-order valence-electron chi connectivity index (χ0n) is 10.9. The fourth-order valence-corrected chi connectivity index (χ4v) is 3.44. The van der Waals surface area contributed by atoms with Crippen LogP contribution in [-0.4, -0.2) is 35.8 Å². The Morgan fingerprint density at radius 2 is 2.26 bits per heavy atom. The minimum absolute atomic E-state index is 0.0634. The molecule has 1 aliphatic heterocycles. The Hall–Kier alpha value is -0.550. The lowest BCUT2D eigenvalue weighted by Gasteiger charge is -2.35. The molecule has 1 saturated heterocycles. The molecule has 0 spiro atoms. The number of rotatable bonds is 3. The summed E-state index contributed by atoms with van der Waals surface area (Å²) in [6, 6.07) is 5.82. The molecule has 0 radical (unpaired) electrons. The number of piperidine rings is 1. The van der Waals surface area contributed by atoms with Crippen LogP contribution < -0.4 is 4.74 Å². The normalized spacial score (nSPS) is 19.3. The van der Waals surface area contributed by atoms with E-state index in [1.807, 2.05) is 23.1 Å². The van der Waals surface area contributed by atoms with E-state index in [0.717, 1.165) is 29.2 Å². The Kier molecular flexibility index (Phi) is 5.28. The first kappa shape index (κ1) is 14.9. The molecular weight excluding hydrogens is 374 g/mol. The number of hydrogen-bond donors (Lipinski definition) is 0. The van der Waals surface area contributed by atoms with Crippen LogP contribution in [0.1, 0.15) is 29.6 Å². The topological polar surface area (TPSA) is 29.5 Å². The molecule has 0 N–H and O–H groups in total. The number of carbonyl (C=O) groups excluding carboxylic acids is 1. The minimum atomic E-state index is 0.0634. The van der Waals surface area contributed by atoms with Gasteiger partial charge in [0.15, 0.2) is 0 Å². The van der Waals surface area contributed by atoms with E-state index in [0.29, 0.717) is 11.3 Å². The molecule has 3 nitrogen and oxygen atoms in total. The van der Waals surface area contributed by atoms with Gasteiger partial charge in [-0.2, -0.15) is 0 Å². The number of hydrogen-bond acceptors (Lipinski definition) is 2. The van der Waals surface area contributed by atoms with Crippen molar-refractivity contribution in [3.8, 4) is 5.75 Å². The maximum Gasteiger partial charge on any atom is 0.257 e. The Balaban J connectivity index is 2.27. The first-order valence-corrected chi connectivity index (χ1v) is 8.29. The third-order valence-corrected chi connectivity index (χ3v) is 4.70. The second kappa shape index (κ2) is 6.75. The molecule has 0 aliphatic carbocycles. The van der Waals surface area contributed by atoms with E-state index >= 15 is 0 Å². The van der Waals surface area contributed by atoms with Gasteiger partial charge in [-0.05, 0) is 37.5 Å². The van der Waals surface area contributed by atoms with Gasteiger partial charge in [0.2, 0.25) is 0 Å². The molecule has 0 saturated carbocycles. The van der Waals surface area contributed by atoms with Crippen molar-refractivity contribution < 1.29 is 9.53 Å². The molecule has 1 heterocycles. The molecule has 1 fully saturated rings. The van der Waals surface area contributed by atoms with Gasteiger partial charge in [-0.3, -0.25) is 4.79 Å². The molecule has 2 rings (SSSR count). The van der Waals surface area contributed by atoms with Crippen LogP contribution >= 0.6 is 31.9 Å². The van der Waals surface area contributed by atoms with E-state index in [9.17, 15) is 4.79 Å². The lowest BCUT2D eigenvalue weighted by atomic mass is 10.0. The van der Waals surface area contributed by atoms with Crippen molar-refractivity contribution in [1.82, 2.24) is 4.90 Å². The zero-order chi connectivity index (χ0) is 13.8. The quantitative estimate of drug-likeness (QED) is 0.733. The number of carbonyl (C=O) groups is 1. The maximum atomic E-state index is 12.7. The molecule has 1 atom stereocenters. The van der Waals surface area contributed by atoms with E-state index in [4.69, 9.17) is 4.74 Å². The highest BCUT2D eigenvalue weighted by atomic mass is 79.9. The molecule has 1 aromatic rings. The first-order chi connectivity index (χ1) is 9.17. The van der Waals surface area contributed by atoms with Gasteiger partial charge in [-0.25, -0.2) is 0 Å². The van der Waals surface area contributed by atoms with Gasteiger partial charge >= 0.3 is 0 Å². The van der Waals surface area contributed by atoms with Gasteiger partial charge < -0.3 is 9.64 Å². The predicted octanol–water partition coefficient (Wildman–Crippen LogP) is 3.85. The number of likely N-dealkylation sites (tertiary alicyclic amines) is 1. The van der Waals surface area contributed by atoms with E-state index in [1.165, 1.54) is 6.42 Å². The third-order valence-electron chi connectivity index (χ3n) is 3.46.